The molecular weight excluding hydrogens is 491 g/mol. The van der Waals surface area contributed by atoms with E-state index in [0.29, 0.717) is 23.6 Å². The fourth-order valence-electron chi connectivity index (χ4n) is 6.15. The van der Waals surface area contributed by atoms with Crippen LogP contribution in [0.15, 0.2) is 4.99 Å². The zero-order valence-corrected chi connectivity index (χ0v) is 21.4. The molecule has 3 atom stereocenters. The van der Waals surface area contributed by atoms with E-state index in [1.807, 2.05) is 7.05 Å². The molecule has 2 aliphatic heterocycles. The van der Waals surface area contributed by atoms with Gasteiger partial charge in [-0.05, 0) is 51.4 Å². The van der Waals surface area contributed by atoms with Crippen molar-refractivity contribution in [1.29, 1.82) is 0 Å². The van der Waals surface area contributed by atoms with Crippen molar-refractivity contribution in [2.45, 2.75) is 82.9 Å². The first-order chi connectivity index (χ1) is 14.2. The molecule has 2 aliphatic carbocycles. The summed E-state index contributed by atoms with van der Waals surface area (Å²) in [6.07, 6.45) is 11.9. The van der Waals surface area contributed by atoms with E-state index in [0.717, 1.165) is 38.1 Å². The molecule has 174 valence electrons. The van der Waals surface area contributed by atoms with Gasteiger partial charge in [0.1, 0.15) is 0 Å². The van der Waals surface area contributed by atoms with Gasteiger partial charge in [-0.15, -0.1) is 24.0 Å². The van der Waals surface area contributed by atoms with E-state index in [-0.39, 0.29) is 24.0 Å². The Hall–Kier alpha value is -0.120. The third kappa shape index (κ3) is 5.62. The molecule has 4 rings (SSSR count). The molecule has 6 nitrogen and oxygen atoms in total. The van der Waals surface area contributed by atoms with Crippen LogP contribution in [0.3, 0.4) is 0 Å². The second kappa shape index (κ2) is 11.7. The number of ether oxygens (including phenoxy) is 2. The molecule has 1 spiro atoms. The number of aliphatic imine (C=N–C) groups is 1. The maximum Gasteiger partial charge on any atom is 0.191 e. The maximum absolute atomic E-state index is 6.12. The first-order valence-electron chi connectivity index (χ1n) is 12.1. The standard InChI is InChI=1S/C23H42N4O2.HI/c1-3-29-21-15-20(23(21)10-5-4-6-11-23)26-22(24-2)25-19-7-12-27(13-8-19)16-18-9-14-28-17-18;/h18-21H,3-17H2,1-2H3,(H2,24,25,26);1H. The van der Waals surface area contributed by atoms with Crippen LogP contribution in [0.1, 0.15) is 64.7 Å². The second-order valence-corrected chi connectivity index (χ2v) is 9.69. The number of rotatable bonds is 6. The molecule has 0 aromatic carbocycles. The Labute approximate surface area is 200 Å². The lowest BCUT2D eigenvalue weighted by molar-refractivity contribution is -0.145. The molecule has 4 aliphatic rings. The highest BCUT2D eigenvalue weighted by atomic mass is 127. The van der Waals surface area contributed by atoms with Crippen molar-refractivity contribution in [2.75, 3.05) is 46.5 Å². The van der Waals surface area contributed by atoms with Crippen molar-refractivity contribution in [3.63, 3.8) is 0 Å². The van der Waals surface area contributed by atoms with Crippen molar-refractivity contribution in [3.8, 4) is 0 Å². The molecular formula is C23H43IN4O2. The van der Waals surface area contributed by atoms with Gasteiger partial charge in [-0.3, -0.25) is 4.99 Å². The SMILES string of the molecule is CCOC1CC(NC(=NC)NC2CCN(CC3CCOC3)CC2)C12CCCCC2.I. The summed E-state index contributed by atoms with van der Waals surface area (Å²) in [6, 6.07) is 1.04. The average Bonchev–Trinajstić information content (AvgIpc) is 3.27. The van der Waals surface area contributed by atoms with Gasteiger partial charge in [-0.2, -0.15) is 0 Å². The fourth-order valence-corrected chi connectivity index (χ4v) is 6.15. The molecule has 0 amide bonds. The molecule has 7 heteroatoms. The molecule has 0 aromatic rings. The van der Waals surface area contributed by atoms with Gasteiger partial charge < -0.3 is 25.0 Å². The minimum atomic E-state index is 0. The highest BCUT2D eigenvalue weighted by Gasteiger charge is 2.55. The summed E-state index contributed by atoms with van der Waals surface area (Å²) < 4.78 is 11.7. The van der Waals surface area contributed by atoms with Crippen molar-refractivity contribution in [1.82, 2.24) is 15.5 Å². The quantitative estimate of drug-likeness (QED) is 0.311. The number of nitrogens with one attached hydrogen (secondary N) is 2. The Morgan fingerprint density at radius 3 is 2.53 bits per heavy atom. The normalized spacial score (nSPS) is 32.5. The monoisotopic (exact) mass is 534 g/mol. The van der Waals surface area contributed by atoms with Gasteiger partial charge in [0.15, 0.2) is 5.96 Å². The Morgan fingerprint density at radius 1 is 1.13 bits per heavy atom. The zero-order valence-electron chi connectivity index (χ0n) is 19.0. The second-order valence-electron chi connectivity index (χ2n) is 9.69. The summed E-state index contributed by atoms with van der Waals surface area (Å²) in [4.78, 5) is 7.21. The Bertz CT molecular complexity index is 541. The number of piperidine rings is 1. The van der Waals surface area contributed by atoms with E-state index in [4.69, 9.17) is 9.47 Å². The molecule has 2 N–H and O–H groups in total. The van der Waals surface area contributed by atoms with Gasteiger partial charge in [0.25, 0.3) is 0 Å². The van der Waals surface area contributed by atoms with Crippen LogP contribution in [0.25, 0.3) is 0 Å². The number of nitrogens with zero attached hydrogens (tertiary/aromatic N) is 2. The molecule has 2 saturated carbocycles. The van der Waals surface area contributed by atoms with Crippen LogP contribution < -0.4 is 10.6 Å². The molecule has 30 heavy (non-hydrogen) atoms. The largest absolute Gasteiger partial charge is 0.381 e. The van der Waals surface area contributed by atoms with Gasteiger partial charge in [0.05, 0.1) is 12.7 Å². The van der Waals surface area contributed by atoms with Crippen LogP contribution in [-0.4, -0.2) is 75.5 Å². The summed E-state index contributed by atoms with van der Waals surface area (Å²) in [7, 11) is 1.91. The topological polar surface area (TPSA) is 58.1 Å². The van der Waals surface area contributed by atoms with Gasteiger partial charge in [0, 0.05) is 57.4 Å². The summed E-state index contributed by atoms with van der Waals surface area (Å²) >= 11 is 0. The van der Waals surface area contributed by atoms with Crippen LogP contribution in [0, 0.1) is 11.3 Å². The van der Waals surface area contributed by atoms with Crippen LogP contribution in [-0.2, 0) is 9.47 Å². The van der Waals surface area contributed by atoms with Gasteiger partial charge in [0.2, 0.25) is 0 Å². The summed E-state index contributed by atoms with van der Waals surface area (Å²) in [5.74, 6) is 1.75. The highest BCUT2D eigenvalue weighted by Crippen LogP contribution is 2.53. The first kappa shape index (κ1) is 24.5. The minimum absolute atomic E-state index is 0. The van der Waals surface area contributed by atoms with Crippen LogP contribution in [0.5, 0.6) is 0 Å². The van der Waals surface area contributed by atoms with Crippen LogP contribution in [0.4, 0.5) is 0 Å². The fraction of sp³-hybridized carbons (Fsp3) is 0.957. The third-order valence-corrected chi connectivity index (χ3v) is 7.94. The highest BCUT2D eigenvalue weighted by molar-refractivity contribution is 14.0. The van der Waals surface area contributed by atoms with Crippen molar-refractivity contribution in [3.05, 3.63) is 0 Å². The van der Waals surface area contributed by atoms with E-state index in [9.17, 15) is 0 Å². The molecule has 0 radical (unpaired) electrons. The molecule has 3 unspecified atom stereocenters. The molecule has 0 bridgehead atoms. The van der Waals surface area contributed by atoms with Crippen LogP contribution >= 0.6 is 24.0 Å². The molecule has 4 fully saturated rings. The molecule has 2 heterocycles. The van der Waals surface area contributed by atoms with Crippen molar-refractivity contribution >= 4 is 29.9 Å². The van der Waals surface area contributed by atoms with Gasteiger partial charge in [-0.25, -0.2) is 0 Å². The lowest BCUT2D eigenvalue weighted by Gasteiger charge is -2.58. The van der Waals surface area contributed by atoms with E-state index in [1.54, 1.807) is 0 Å². The number of hydrogen-bond acceptors (Lipinski definition) is 4. The Balaban J connectivity index is 0.00000256. The Kier molecular flexibility index (Phi) is 9.53. The predicted octanol–water partition coefficient (Wildman–Crippen LogP) is 3.40. The first-order valence-corrected chi connectivity index (χ1v) is 12.1. The van der Waals surface area contributed by atoms with Crippen molar-refractivity contribution in [2.24, 2.45) is 16.3 Å². The number of hydrogen-bond donors (Lipinski definition) is 2. The van der Waals surface area contributed by atoms with E-state index in [2.05, 4.69) is 27.4 Å². The van der Waals surface area contributed by atoms with Crippen molar-refractivity contribution < 1.29 is 9.47 Å². The molecule has 0 aromatic heterocycles. The number of guanidine groups is 1. The lowest BCUT2D eigenvalue weighted by atomic mass is 9.55. The number of likely N-dealkylation sites (tertiary alicyclic amines) is 1. The zero-order chi connectivity index (χ0) is 20.1. The summed E-state index contributed by atoms with van der Waals surface area (Å²) in [5.41, 5.74) is 0.332. The van der Waals surface area contributed by atoms with E-state index in [1.165, 1.54) is 71.0 Å². The van der Waals surface area contributed by atoms with E-state index < -0.39 is 0 Å². The summed E-state index contributed by atoms with van der Waals surface area (Å²) in [6.45, 7) is 8.46. The predicted molar refractivity (Wildman–Crippen MR) is 133 cm³/mol. The summed E-state index contributed by atoms with van der Waals surface area (Å²) in [5, 5.41) is 7.53. The van der Waals surface area contributed by atoms with Gasteiger partial charge in [-0.1, -0.05) is 19.3 Å². The van der Waals surface area contributed by atoms with Crippen LogP contribution in [0.2, 0.25) is 0 Å². The smallest absolute Gasteiger partial charge is 0.191 e. The Morgan fingerprint density at radius 2 is 1.90 bits per heavy atom. The maximum atomic E-state index is 6.12. The van der Waals surface area contributed by atoms with Gasteiger partial charge >= 0.3 is 0 Å². The lowest BCUT2D eigenvalue weighted by Crippen LogP contribution is -2.67. The average molecular weight is 535 g/mol. The minimum Gasteiger partial charge on any atom is -0.381 e. The molecule has 2 saturated heterocycles. The number of halogens is 1. The van der Waals surface area contributed by atoms with E-state index >= 15 is 0 Å². The third-order valence-electron chi connectivity index (χ3n) is 7.94.